The van der Waals surface area contributed by atoms with Gasteiger partial charge in [-0.15, -0.1) is 0 Å². The third kappa shape index (κ3) is 4.33. The zero-order valence-corrected chi connectivity index (χ0v) is 11.7. The summed E-state index contributed by atoms with van der Waals surface area (Å²) in [5.41, 5.74) is 7.55. The van der Waals surface area contributed by atoms with Crippen LogP contribution >= 0.6 is 11.6 Å². The molecule has 0 aromatic heterocycles. The molecule has 1 aromatic rings. The SMILES string of the molecule is COc1ccc(Cl)c(OC(C)C)c1/C=N/NC(N)=O. The van der Waals surface area contributed by atoms with Crippen molar-refractivity contribution >= 4 is 23.8 Å². The summed E-state index contributed by atoms with van der Waals surface area (Å²) in [6.07, 6.45) is 1.30. The average Bonchev–Trinajstić information content (AvgIpc) is 2.32. The molecule has 0 heterocycles. The lowest BCUT2D eigenvalue weighted by molar-refractivity contribution is 0.241. The third-order valence-electron chi connectivity index (χ3n) is 2.05. The highest BCUT2D eigenvalue weighted by Crippen LogP contribution is 2.34. The van der Waals surface area contributed by atoms with Crippen molar-refractivity contribution in [2.75, 3.05) is 7.11 Å². The van der Waals surface area contributed by atoms with Crippen LogP contribution in [0.5, 0.6) is 11.5 Å². The van der Waals surface area contributed by atoms with E-state index >= 15 is 0 Å². The smallest absolute Gasteiger partial charge is 0.332 e. The first kappa shape index (κ1) is 15.1. The molecule has 0 saturated carbocycles. The minimum absolute atomic E-state index is 0.0687. The van der Waals surface area contributed by atoms with Crippen LogP contribution in [0, 0.1) is 0 Å². The van der Waals surface area contributed by atoms with E-state index in [0.717, 1.165) is 0 Å². The Balaban J connectivity index is 3.18. The van der Waals surface area contributed by atoms with Crippen molar-refractivity contribution in [1.29, 1.82) is 0 Å². The predicted octanol–water partition coefficient (Wildman–Crippen LogP) is 2.14. The fraction of sp³-hybridized carbons (Fsp3) is 0.333. The maximum atomic E-state index is 10.6. The maximum absolute atomic E-state index is 10.6. The molecular formula is C12H16ClN3O3. The molecule has 1 rings (SSSR count). The molecule has 3 N–H and O–H groups in total. The van der Waals surface area contributed by atoms with Crippen LogP contribution in [0.3, 0.4) is 0 Å². The topological polar surface area (TPSA) is 85.9 Å². The number of halogens is 1. The molecule has 0 aliphatic carbocycles. The maximum Gasteiger partial charge on any atom is 0.332 e. The number of nitrogens with zero attached hydrogens (tertiary/aromatic N) is 1. The quantitative estimate of drug-likeness (QED) is 0.642. The van der Waals surface area contributed by atoms with Crippen molar-refractivity contribution in [2.45, 2.75) is 20.0 Å². The van der Waals surface area contributed by atoms with Gasteiger partial charge in [-0.2, -0.15) is 5.10 Å². The van der Waals surface area contributed by atoms with E-state index in [1.54, 1.807) is 12.1 Å². The highest BCUT2D eigenvalue weighted by molar-refractivity contribution is 6.32. The minimum atomic E-state index is -0.761. The number of hydrazone groups is 1. The van der Waals surface area contributed by atoms with Crippen LogP contribution in [0.15, 0.2) is 17.2 Å². The van der Waals surface area contributed by atoms with Gasteiger partial charge in [-0.05, 0) is 26.0 Å². The van der Waals surface area contributed by atoms with Gasteiger partial charge in [0.05, 0.1) is 30.0 Å². The summed E-state index contributed by atoms with van der Waals surface area (Å²) in [5.74, 6) is 0.959. The molecule has 0 atom stereocenters. The Morgan fingerprint density at radius 3 is 2.74 bits per heavy atom. The lowest BCUT2D eigenvalue weighted by Crippen LogP contribution is -2.24. The number of amides is 2. The highest BCUT2D eigenvalue weighted by atomic mass is 35.5. The minimum Gasteiger partial charge on any atom is -0.496 e. The molecule has 0 saturated heterocycles. The van der Waals surface area contributed by atoms with Crippen LogP contribution in [0.1, 0.15) is 19.4 Å². The number of hydrogen-bond acceptors (Lipinski definition) is 4. The van der Waals surface area contributed by atoms with E-state index in [2.05, 4.69) is 10.5 Å². The van der Waals surface area contributed by atoms with Crippen LogP contribution in [0.4, 0.5) is 4.79 Å². The molecule has 0 aliphatic heterocycles. The first-order chi connectivity index (χ1) is 8.95. The molecule has 6 nitrogen and oxygen atoms in total. The lowest BCUT2D eigenvalue weighted by atomic mass is 10.2. The van der Waals surface area contributed by atoms with Crippen LogP contribution in [0.25, 0.3) is 0 Å². The van der Waals surface area contributed by atoms with Crippen LogP contribution in [0.2, 0.25) is 5.02 Å². The summed E-state index contributed by atoms with van der Waals surface area (Å²) in [4.78, 5) is 10.6. The summed E-state index contributed by atoms with van der Waals surface area (Å²) in [6.45, 7) is 3.75. The zero-order chi connectivity index (χ0) is 14.4. The fourth-order valence-corrected chi connectivity index (χ4v) is 1.58. The Bertz CT molecular complexity index is 489. The van der Waals surface area contributed by atoms with E-state index in [-0.39, 0.29) is 6.10 Å². The van der Waals surface area contributed by atoms with Gasteiger partial charge in [-0.1, -0.05) is 11.6 Å². The fourth-order valence-electron chi connectivity index (χ4n) is 1.37. The second kappa shape index (κ2) is 6.84. The number of benzene rings is 1. The number of ether oxygens (including phenoxy) is 2. The van der Waals surface area contributed by atoms with E-state index in [1.165, 1.54) is 13.3 Å². The molecule has 2 amide bonds. The normalized spacial score (nSPS) is 10.8. The summed E-state index contributed by atoms with van der Waals surface area (Å²) < 4.78 is 10.8. The van der Waals surface area contributed by atoms with Gasteiger partial charge >= 0.3 is 6.03 Å². The van der Waals surface area contributed by atoms with Crippen LogP contribution in [-0.2, 0) is 0 Å². The van der Waals surface area contributed by atoms with Gasteiger partial charge in [-0.3, -0.25) is 0 Å². The molecular weight excluding hydrogens is 270 g/mol. The van der Waals surface area contributed by atoms with E-state index < -0.39 is 6.03 Å². The summed E-state index contributed by atoms with van der Waals surface area (Å²) >= 11 is 6.09. The van der Waals surface area contributed by atoms with Crippen LogP contribution < -0.4 is 20.6 Å². The largest absolute Gasteiger partial charge is 0.496 e. The molecule has 0 fully saturated rings. The number of carbonyl (C=O) groups excluding carboxylic acids is 1. The number of carbonyl (C=O) groups is 1. The number of nitrogens with two attached hydrogens (primary N) is 1. The summed E-state index contributed by atoms with van der Waals surface area (Å²) in [5, 5.41) is 4.12. The van der Waals surface area contributed by atoms with Gasteiger partial charge in [0.1, 0.15) is 5.75 Å². The Morgan fingerprint density at radius 1 is 1.53 bits per heavy atom. The molecule has 0 aliphatic rings. The van der Waals surface area contributed by atoms with Crippen molar-refractivity contribution in [3.63, 3.8) is 0 Å². The number of rotatable bonds is 5. The van der Waals surface area contributed by atoms with Crippen molar-refractivity contribution in [3.8, 4) is 11.5 Å². The second-order valence-corrected chi connectivity index (χ2v) is 4.30. The molecule has 0 unspecified atom stereocenters. The molecule has 7 heteroatoms. The van der Waals surface area contributed by atoms with E-state index in [9.17, 15) is 4.79 Å². The van der Waals surface area contributed by atoms with E-state index in [0.29, 0.717) is 22.1 Å². The monoisotopic (exact) mass is 285 g/mol. The van der Waals surface area contributed by atoms with Gasteiger partial charge in [-0.25, -0.2) is 10.2 Å². The summed E-state index contributed by atoms with van der Waals surface area (Å²) in [6, 6.07) is 2.58. The summed E-state index contributed by atoms with van der Waals surface area (Å²) in [7, 11) is 1.52. The number of hydrogen-bond donors (Lipinski definition) is 2. The van der Waals surface area contributed by atoms with Crippen molar-refractivity contribution in [3.05, 3.63) is 22.7 Å². The van der Waals surface area contributed by atoms with E-state index in [4.69, 9.17) is 26.8 Å². The number of urea groups is 1. The Kier molecular flexibility index (Phi) is 5.44. The van der Waals surface area contributed by atoms with Gasteiger partial charge in [0.25, 0.3) is 0 Å². The van der Waals surface area contributed by atoms with Crippen molar-refractivity contribution in [1.82, 2.24) is 5.43 Å². The molecule has 0 bridgehead atoms. The predicted molar refractivity (Wildman–Crippen MR) is 74.1 cm³/mol. The van der Waals surface area contributed by atoms with Crippen LogP contribution in [-0.4, -0.2) is 25.5 Å². The highest BCUT2D eigenvalue weighted by Gasteiger charge is 2.14. The van der Waals surface area contributed by atoms with E-state index in [1.807, 2.05) is 13.8 Å². The third-order valence-corrected chi connectivity index (χ3v) is 2.35. The Hall–Kier alpha value is -1.95. The average molecular weight is 286 g/mol. The zero-order valence-electron chi connectivity index (χ0n) is 10.9. The Labute approximate surface area is 116 Å². The molecule has 0 spiro atoms. The van der Waals surface area contributed by atoms with Gasteiger partial charge in [0, 0.05) is 0 Å². The first-order valence-electron chi connectivity index (χ1n) is 5.57. The first-order valence-corrected chi connectivity index (χ1v) is 5.95. The van der Waals surface area contributed by atoms with Gasteiger partial charge in [0.2, 0.25) is 0 Å². The van der Waals surface area contributed by atoms with Gasteiger partial charge < -0.3 is 15.2 Å². The number of methoxy groups -OCH3 is 1. The van der Waals surface area contributed by atoms with Gasteiger partial charge in [0.15, 0.2) is 5.75 Å². The number of nitrogens with one attached hydrogen (secondary N) is 1. The molecule has 1 aromatic carbocycles. The molecule has 104 valence electrons. The Morgan fingerprint density at radius 2 is 2.21 bits per heavy atom. The second-order valence-electron chi connectivity index (χ2n) is 3.89. The van der Waals surface area contributed by atoms with Crippen molar-refractivity contribution < 1.29 is 14.3 Å². The van der Waals surface area contributed by atoms with Crippen molar-refractivity contribution in [2.24, 2.45) is 10.8 Å². The lowest BCUT2D eigenvalue weighted by Gasteiger charge is -2.16. The molecule has 19 heavy (non-hydrogen) atoms. The number of primary amides is 1. The standard InChI is InChI=1S/C12H16ClN3O3/c1-7(2)19-11-8(6-15-16-12(14)17)10(18-3)5-4-9(11)13/h4-7H,1-3H3,(H3,14,16,17)/b15-6+. The molecule has 0 radical (unpaired) electrons.